The van der Waals surface area contributed by atoms with Crippen molar-refractivity contribution in [2.45, 2.75) is 18.9 Å². The summed E-state index contributed by atoms with van der Waals surface area (Å²) in [6, 6.07) is -0.793. The number of hydrogen-bond acceptors (Lipinski definition) is 4. The molecule has 0 aromatic heterocycles. The molecule has 0 N–H and O–H groups in total. The van der Waals surface area contributed by atoms with Crippen LogP contribution in [0.15, 0.2) is 4.36 Å². The number of alkyl halides is 1. The second-order valence-electron chi connectivity index (χ2n) is 4.10. The number of sulfonamides is 1. The maximum atomic E-state index is 11.8. The summed E-state index contributed by atoms with van der Waals surface area (Å²) in [5.41, 5.74) is 0. The van der Waals surface area contributed by atoms with Crippen molar-refractivity contribution in [1.29, 1.82) is 0 Å². The maximum absolute atomic E-state index is 11.8. The summed E-state index contributed by atoms with van der Waals surface area (Å²) in [5.74, 6) is -0.609. The molecule has 0 bridgehead atoms. The third kappa shape index (κ3) is 4.01. The predicted molar refractivity (Wildman–Crippen MR) is 69.9 cm³/mol. The van der Waals surface area contributed by atoms with Gasteiger partial charge in [-0.2, -0.15) is 8.67 Å². The van der Waals surface area contributed by atoms with Gasteiger partial charge in [0.2, 0.25) is 10.0 Å². The number of nitrogens with zero attached hydrogens (tertiary/aromatic N) is 2. The first-order valence-corrected chi connectivity index (χ1v) is 10.00. The molecule has 1 aliphatic heterocycles. The highest BCUT2D eigenvalue weighted by molar-refractivity contribution is 9.10. The summed E-state index contributed by atoms with van der Waals surface area (Å²) in [4.78, 5) is 11.8. The summed E-state index contributed by atoms with van der Waals surface area (Å²) in [6.45, 7) is 0.314. The zero-order valence-corrected chi connectivity index (χ0v) is 12.8. The van der Waals surface area contributed by atoms with Gasteiger partial charge in [0.15, 0.2) is 0 Å². The highest BCUT2D eigenvalue weighted by Crippen LogP contribution is 2.23. The Kier molecular flexibility index (Phi) is 4.73. The van der Waals surface area contributed by atoms with Crippen LogP contribution < -0.4 is 0 Å². The fraction of sp³-hybridized carbons (Fsp3) is 0.875. The van der Waals surface area contributed by atoms with E-state index < -0.39 is 31.7 Å². The SMILES string of the molecule is CS(C)(=O)=NC(=O)[C@@H]1CCCN1S(=O)(=O)CBr. The third-order valence-electron chi connectivity index (χ3n) is 2.29. The Morgan fingerprint density at radius 2 is 2.00 bits per heavy atom. The summed E-state index contributed by atoms with van der Waals surface area (Å²) in [6.07, 6.45) is 3.75. The van der Waals surface area contributed by atoms with Gasteiger partial charge in [0.1, 0.15) is 10.7 Å². The fourth-order valence-corrected chi connectivity index (χ4v) is 4.12. The van der Waals surface area contributed by atoms with E-state index in [9.17, 15) is 17.4 Å². The quantitative estimate of drug-likeness (QED) is 0.692. The Bertz CT molecular complexity index is 514. The van der Waals surface area contributed by atoms with Crippen molar-refractivity contribution in [2.75, 3.05) is 23.7 Å². The maximum Gasteiger partial charge on any atom is 0.272 e. The van der Waals surface area contributed by atoms with Crippen LogP contribution in [-0.2, 0) is 24.5 Å². The Morgan fingerprint density at radius 3 is 2.47 bits per heavy atom. The van der Waals surface area contributed by atoms with Crippen LogP contribution in [0.3, 0.4) is 0 Å². The molecule has 6 nitrogen and oxygen atoms in total. The molecule has 0 radical (unpaired) electrons. The number of carbonyl (C=O) groups excluding carboxylic acids is 1. The van der Waals surface area contributed by atoms with Crippen LogP contribution in [0.5, 0.6) is 0 Å². The van der Waals surface area contributed by atoms with Crippen LogP contribution in [0.4, 0.5) is 0 Å². The van der Waals surface area contributed by atoms with Gasteiger partial charge in [-0.25, -0.2) is 12.6 Å². The van der Waals surface area contributed by atoms with Gasteiger partial charge < -0.3 is 0 Å². The van der Waals surface area contributed by atoms with Crippen molar-refractivity contribution in [3.63, 3.8) is 0 Å². The number of rotatable bonds is 3. The van der Waals surface area contributed by atoms with Crippen LogP contribution in [0, 0.1) is 0 Å². The topological polar surface area (TPSA) is 83.9 Å². The van der Waals surface area contributed by atoms with Crippen molar-refractivity contribution in [3.8, 4) is 0 Å². The molecule has 9 heteroatoms. The molecule has 1 fully saturated rings. The van der Waals surface area contributed by atoms with Gasteiger partial charge >= 0.3 is 0 Å². The van der Waals surface area contributed by atoms with Crippen molar-refractivity contribution in [1.82, 2.24) is 4.31 Å². The Morgan fingerprint density at radius 1 is 1.41 bits per heavy atom. The van der Waals surface area contributed by atoms with E-state index in [-0.39, 0.29) is 4.66 Å². The van der Waals surface area contributed by atoms with E-state index in [4.69, 9.17) is 0 Å². The highest BCUT2D eigenvalue weighted by Gasteiger charge is 2.38. The Balaban J connectivity index is 3.00. The minimum atomic E-state index is -3.47. The van der Waals surface area contributed by atoms with Gasteiger partial charge in [-0.1, -0.05) is 15.9 Å². The molecule has 1 rings (SSSR count). The molecule has 0 aromatic carbocycles. The largest absolute Gasteiger partial charge is 0.272 e. The first-order chi connectivity index (χ1) is 7.67. The molecule has 0 saturated carbocycles. The summed E-state index contributed by atoms with van der Waals surface area (Å²) in [5, 5.41) is 0. The molecular formula is C8H15BrN2O4S2. The van der Waals surface area contributed by atoms with Crippen molar-refractivity contribution in [3.05, 3.63) is 0 Å². The molecule has 17 heavy (non-hydrogen) atoms. The molecule has 1 aliphatic rings. The Labute approximate surface area is 110 Å². The summed E-state index contributed by atoms with van der Waals surface area (Å²) in [7, 11) is -6.02. The van der Waals surface area contributed by atoms with Crippen LogP contribution in [0.25, 0.3) is 0 Å². The molecule has 0 spiro atoms. The van der Waals surface area contributed by atoms with Gasteiger partial charge in [-0.3, -0.25) is 4.79 Å². The lowest BCUT2D eigenvalue weighted by atomic mass is 10.2. The molecule has 1 atom stereocenters. The van der Waals surface area contributed by atoms with E-state index in [1.54, 1.807) is 0 Å². The zero-order valence-electron chi connectivity index (χ0n) is 9.63. The van der Waals surface area contributed by atoms with Gasteiger partial charge in [0, 0.05) is 28.8 Å². The third-order valence-corrected chi connectivity index (χ3v) is 6.08. The van der Waals surface area contributed by atoms with Crippen LogP contribution in [-0.4, -0.2) is 52.6 Å². The first kappa shape index (κ1) is 15.1. The minimum absolute atomic E-state index is 0.225. The van der Waals surface area contributed by atoms with E-state index in [0.717, 1.165) is 4.31 Å². The van der Waals surface area contributed by atoms with Crippen LogP contribution >= 0.6 is 15.9 Å². The van der Waals surface area contributed by atoms with Gasteiger partial charge in [-0.15, -0.1) is 0 Å². The molecule has 1 amide bonds. The van der Waals surface area contributed by atoms with Crippen LogP contribution in [0.2, 0.25) is 0 Å². The lowest BCUT2D eigenvalue weighted by molar-refractivity contribution is -0.120. The number of carbonyl (C=O) groups is 1. The lowest BCUT2D eigenvalue weighted by Crippen LogP contribution is -2.40. The Hall–Kier alpha value is 0.01000. The molecular weight excluding hydrogens is 332 g/mol. The summed E-state index contributed by atoms with van der Waals surface area (Å²) < 4.78 is 39.3. The van der Waals surface area contributed by atoms with E-state index >= 15 is 0 Å². The molecule has 0 aliphatic carbocycles. The van der Waals surface area contributed by atoms with Crippen molar-refractivity contribution in [2.24, 2.45) is 4.36 Å². The standard InChI is InChI=1S/C8H15BrN2O4S2/c1-16(2,13)10-8(12)7-4-3-5-11(7)17(14,15)6-9/h7H,3-6H2,1-2H3/t7-/m0/s1. The van der Waals surface area contributed by atoms with Crippen LogP contribution in [0.1, 0.15) is 12.8 Å². The second kappa shape index (κ2) is 5.33. The normalized spacial score (nSPS) is 22.6. The highest BCUT2D eigenvalue weighted by atomic mass is 79.9. The fourth-order valence-electron chi connectivity index (χ4n) is 1.66. The molecule has 1 saturated heterocycles. The van der Waals surface area contributed by atoms with Gasteiger partial charge in [0.05, 0.1) is 0 Å². The molecule has 1 heterocycles. The van der Waals surface area contributed by atoms with E-state index in [0.29, 0.717) is 19.4 Å². The van der Waals surface area contributed by atoms with Gasteiger partial charge in [-0.05, 0) is 12.8 Å². The summed E-state index contributed by atoms with van der Waals surface area (Å²) >= 11 is 2.89. The second-order valence-corrected chi connectivity index (χ2v) is 9.87. The number of hydrogen-bond donors (Lipinski definition) is 0. The molecule has 0 aromatic rings. The van der Waals surface area contributed by atoms with E-state index in [1.165, 1.54) is 12.5 Å². The van der Waals surface area contributed by atoms with Crippen molar-refractivity contribution >= 4 is 41.6 Å². The monoisotopic (exact) mass is 346 g/mol. The minimum Gasteiger partial charge on any atom is -0.270 e. The average molecular weight is 347 g/mol. The number of halogens is 1. The number of amides is 1. The molecule has 100 valence electrons. The predicted octanol–water partition coefficient (Wildman–Crippen LogP) is 0.387. The van der Waals surface area contributed by atoms with E-state index in [2.05, 4.69) is 20.3 Å². The smallest absolute Gasteiger partial charge is 0.270 e. The zero-order chi connectivity index (χ0) is 13.3. The van der Waals surface area contributed by atoms with E-state index in [1.807, 2.05) is 0 Å². The average Bonchev–Trinajstić information content (AvgIpc) is 2.63. The first-order valence-electron chi connectivity index (χ1n) is 4.94. The van der Waals surface area contributed by atoms with Gasteiger partial charge in [0.25, 0.3) is 5.91 Å². The molecule has 0 unspecified atom stereocenters. The van der Waals surface area contributed by atoms with Crippen molar-refractivity contribution < 1.29 is 17.4 Å². The lowest BCUT2D eigenvalue weighted by Gasteiger charge is -2.20.